The predicted molar refractivity (Wildman–Crippen MR) is 230 cm³/mol. The minimum atomic E-state index is 0.560. The lowest BCUT2D eigenvalue weighted by Gasteiger charge is -2.10. The summed E-state index contributed by atoms with van der Waals surface area (Å²) in [6, 6.07) is 55.2. The molecule has 0 aliphatic carbocycles. The lowest BCUT2D eigenvalue weighted by Crippen LogP contribution is -2.00. The van der Waals surface area contributed by atoms with Crippen molar-refractivity contribution in [1.29, 1.82) is 0 Å². The molecule has 0 aliphatic rings. The normalized spacial score (nSPS) is 11.9. The van der Waals surface area contributed by atoms with Crippen molar-refractivity contribution in [2.24, 2.45) is 0 Å². The molecule has 57 heavy (non-hydrogen) atoms. The van der Waals surface area contributed by atoms with Crippen LogP contribution in [0.2, 0.25) is 0 Å². The lowest BCUT2D eigenvalue weighted by atomic mass is 10.0. The zero-order valence-corrected chi connectivity index (χ0v) is 30.9. The molecule has 0 atom stereocenters. The van der Waals surface area contributed by atoms with Gasteiger partial charge in [-0.3, -0.25) is 0 Å². The second kappa shape index (κ2) is 12.5. The van der Waals surface area contributed by atoms with Crippen molar-refractivity contribution >= 4 is 75.5 Å². The van der Waals surface area contributed by atoms with Gasteiger partial charge in [-0.05, 0) is 48.5 Å². The fraction of sp³-hybridized carbons (Fsp3) is 0. The largest absolute Gasteiger partial charge is 0.456 e. The van der Waals surface area contributed by atoms with Gasteiger partial charge in [-0.2, -0.15) is 0 Å². The third-order valence-corrected chi connectivity index (χ3v) is 11.8. The molecule has 0 bridgehead atoms. The van der Waals surface area contributed by atoms with Gasteiger partial charge in [0.2, 0.25) is 0 Å². The fourth-order valence-corrected chi connectivity index (χ4v) is 9.13. The van der Waals surface area contributed by atoms with E-state index >= 15 is 0 Å². The van der Waals surface area contributed by atoms with E-state index in [2.05, 4.69) is 54.6 Å². The van der Waals surface area contributed by atoms with Gasteiger partial charge >= 0.3 is 0 Å². The SMILES string of the molecule is c1ccc(-c2nc(-c3cccc4c3sc3ccccc34)nc(-c3cccc4oc5ccc(-c6nc(-c7ccccc7)c7oc8ccccc8c7n6)cc5c34)n2)cc1. The van der Waals surface area contributed by atoms with Crippen molar-refractivity contribution in [2.45, 2.75) is 0 Å². The molecule has 0 saturated heterocycles. The van der Waals surface area contributed by atoms with Gasteiger partial charge < -0.3 is 8.83 Å². The van der Waals surface area contributed by atoms with Crippen LogP contribution in [0.4, 0.5) is 0 Å². The molecule has 5 heterocycles. The Morgan fingerprint density at radius 1 is 0.386 bits per heavy atom. The van der Waals surface area contributed by atoms with Gasteiger partial charge in [0.25, 0.3) is 0 Å². The number of thiophene rings is 1. The first kappa shape index (κ1) is 31.8. The Balaban J connectivity index is 1.08. The monoisotopic (exact) mass is 749 g/mol. The predicted octanol–water partition coefficient (Wildman–Crippen LogP) is 13.2. The topological polar surface area (TPSA) is 90.7 Å². The third-order valence-electron chi connectivity index (χ3n) is 10.6. The van der Waals surface area contributed by atoms with Gasteiger partial charge in [-0.1, -0.05) is 115 Å². The molecule has 12 aromatic rings. The van der Waals surface area contributed by atoms with Gasteiger partial charge in [0.15, 0.2) is 28.9 Å². The standard InChI is InChI=1S/C49H27N5O2S/c1-3-13-28(14-4-1)42-44-43(33-18-7-9-22-37(33)56-44)51-47(50-42)30-25-26-38-36(27-30)41-34(20-12-23-39(41)55-38)48-52-46(29-15-5-2-6-16-29)53-49(54-48)35-21-11-19-32-31-17-8-10-24-40(31)57-45(32)35/h1-27H. The summed E-state index contributed by atoms with van der Waals surface area (Å²) in [4.78, 5) is 25.8. The summed E-state index contributed by atoms with van der Waals surface area (Å²) in [5, 5.41) is 5.17. The van der Waals surface area contributed by atoms with E-state index in [4.69, 9.17) is 33.8 Å². The van der Waals surface area contributed by atoms with Crippen LogP contribution < -0.4 is 0 Å². The van der Waals surface area contributed by atoms with E-state index in [9.17, 15) is 0 Å². The molecule has 0 N–H and O–H groups in total. The molecule has 0 unspecified atom stereocenters. The van der Waals surface area contributed by atoms with Gasteiger partial charge in [0.05, 0.1) is 0 Å². The third kappa shape index (κ3) is 5.08. The van der Waals surface area contributed by atoms with Crippen LogP contribution in [0.15, 0.2) is 173 Å². The van der Waals surface area contributed by atoms with Crippen LogP contribution >= 0.6 is 11.3 Å². The Morgan fingerprint density at radius 2 is 1.02 bits per heavy atom. The van der Waals surface area contributed by atoms with Crippen LogP contribution in [-0.4, -0.2) is 24.9 Å². The van der Waals surface area contributed by atoms with E-state index < -0.39 is 0 Å². The van der Waals surface area contributed by atoms with Crippen molar-refractivity contribution in [3.05, 3.63) is 164 Å². The number of furan rings is 2. The Labute approximate surface area is 328 Å². The molecule has 0 saturated carbocycles. The second-order valence-corrected chi connectivity index (χ2v) is 15.0. The fourth-order valence-electron chi connectivity index (χ4n) is 7.92. The highest BCUT2D eigenvalue weighted by atomic mass is 32.1. The molecule has 0 fully saturated rings. The van der Waals surface area contributed by atoms with Crippen LogP contribution in [-0.2, 0) is 0 Å². The molecule has 5 aromatic heterocycles. The number of hydrogen-bond donors (Lipinski definition) is 0. The van der Waals surface area contributed by atoms with Gasteiger partial charge in [0, 0.05) is 64.1 Å². The molecule has 0 spiro atoms. The number of benzene rings is 7. The minimum Gasteiger partial charge on any atom is -0.456 e. The smallest absolute Gasteiger partial charge is 0.180 e. The van der Waals surface area contributed by atoms with Gasteiger partial charge in [-0.15, -0.1) is 11.3 Å². The average molecular weight is 750 g/mol. The number of nitrogens with zero attached hydrogens (tertiary/aromatic N) is 5. The van der Waals surface area contributed by atoms with E-state index in [1.54, 1.807) is 11.3 Å². The number of aromatic nitrogens is 5. The van der Waals surface area contributed by atoms with Crippen molar-refractivity contribution in [2.75, 3.05) is 0 Å². The van der Waals surface area contributed by atoms with E-state index in [1.165, 1.54) is 15.5 Å². The number of rotatable bonds is 5. The van der Waals surface area contributed by atoms with Gasteiger partial charge in [-0.25, -0.2) is 24.9 Å². The molecular formula is C49H27N5O2S. The van der Waals surface area contributed by atoms with Crippen molar-refractivity contribution in [3.63, 3.8) is 0 Å². The summed E-state index contributed by atoms with van der Waals surface area (Å²) in [5.41, 5.74) is 8.94. The van der Waals surface area contributed by atoms with Crippen molar-refractivity contribution in [3.8, 4) is 56.8 Å². The summed E-state index contributed by atoms with van der Waals surface area (Å²) < 4.78 is 15.2. The number of fused-ring (bicyclic) bond motifs is 9. The van der Waals surface area contributed by atoms with Crippen molar-refractivity contribution < 1.29 is 8.83 Å². The first-order valence-electron chi connectivity index (χ1n) is 18.7. The molecule has 0 amide bonds. The number of para-hydroxylation sites is 1. The quantitative estimate of drug-likeness (QED) is 0.173. The maximum Gasteiger partial charge on any atom is 0.180 e. The maximum absolute atomic E-state index is 6.51. The Morgan fingerprint density at radius 3 is 1.88 bits per heavy atom. The van der Waals surface area contributed by atoms with Gasteiger partial charge in [0.1, 0.15) is 28.0 Å². The zero-order valence-electron chi connectivity index (χ0n) is 30.0. The Hall–Kier alpha value is -7.55. The Kier molecular flexibility index (Phi) is 6.96. The maximum atomic E-state index is 6.51. The minimum absolute atomic E-state index is 0.560. The molecule has 0 radical (unpaired) electrons. The zero-order chi connectivity index (χ0) is 37.5. The second-order valence-electron chi connectivity index (χ2n) is 14.0. The van der Waals surface area contributed by atoms with Crippen LogP contribution in [0, 0.1) is 0 Å². The van der Waals surface area contributed by atoms with Crippen molar-refractivity contribution in [1.82, 2.24) is 24.9 Å². The van der Waals surface area contributed by atoms with E-state index in [0.29, 0.717) is 28.9 Å². The first-order valence-corrected chi connectivity index (χ1v) is 19.5. The van der Waals surface area contributed by atoms with Crippen LogP contribution in [0.3, 0.4) is 0 Å². The summed E-state index contributed by atoms with van der Waals surface area (Å²) >= 11 is 1.76. The van der Waals surface area contributed by atoms with E-state index in [-0.39, 0.29) is 0 Å². The lowest BCUT2D eigenvalue weighted by molar-refractivity contribution is 0.667. The van der Waals surface area contributed by atoms with Crippen LogP contribution in [0.1, 0.15) is 0 Å². The highest BCUT2D eigenvalue weighted by Gasteiger charge is 2.22. The summed E-state index contributed by atoms with van der Waals surface area (Å²) in [5.74, 6) is 2.36. The summed E-state index contributed by atoms with van der Waals surface area (Å²) in [6.07, 6.45) is 0. The van der Waals surface area contributed by atoms with E-state index in [0.717, 1.165) is 76.6 Å². The Bertz CT molecular complexity index is 3540. The molecule has 8 heteroatoms. The van der Waals surface area contributed by atoms with Crippen LogP contribution in [0.25, 0.3) is 121 Å². The molecule has 12 rings (SSSR count). The average Bonchev–Trinajstić information content (AvgIpc) is 3.97. The molecule has 7 nitrogen and oxygen atoms in total. The summed E-state index contributed by atoms with van der Waals surface area (Å²) in [7, 11) is 0. The molecule has 0 aliphatic heterocycles. The first-order chi connectivity index (χ1) is 28.2. The molecule has 7 aromatic carbocycles. The number of hydrogen-bond acceptors (Lipinski definition) is 8. The van der Waals surface area contributed by atoms with Crippen LogP contribution in [0.5, 0.6) is 0 Å². The summed E-state index contributed by atoms with van der Waals surface area (Å²) in [6.45, 7) is 0. The highest BCUT2D eigenvalue weighted by molar-refractivity contribution is 7.26. The molecule has 266 valence electrons. The van der Waals surface area contributed by atoms with E-state index in [1.807, 2.05) is 109 Å². The highest BCUT2D eigenvalue weighted by Crippen LogP contribution is 2.42. The molecular weight excluding hydrogens is 723 g/mol.